The Kier molecular flexibility index (Phi) is 3.99. The van der Waals surface area contributed by atoms with Gasteiger partial charge in [-0.3, -0.25) is 0 Å². The third-order valence-corrected chi connectivity index (χ3v) is 3.29. The molecule has 2 aromatic rings. The molecule has 6 heteroatoms. The molecule has 19 heavy (non-hydrogen) atoms. The summed E-state index contributed by atoms with van der Waals surface area (Å²) in [6, 6.07) is 3.73. The largest absolute Gasteiger partial charge is 0.493 e. The number of ether oxygens (including phenoxy) is 3. The molecule has 1 aromatic heterocycles. The molecule has 0 radical (unpaired) electrons. The smallest absolute Gasteiger partial charge is 0.203 e. The molecule has 0 atom stereocenters. The van der Waals surface area contributed by atoms with Gasteiger partial charge in [0, 0.05) is 5.56 Å². The summed E-state index contributed by atoms with van der Waals surface area (Å²) >= 11 is 3.45. The first-order valence-corrected chi connectivity index (χ1v) is 6.42. The van der Waals surface area contributed by atoms with E-state index in [1.807, 2.05) is 19.1 Å². The number of aromatic nitrogens is 2. The van der Waals surface area contributed by atoms with Crippen LogP contribution in [0.4, 0.5) is 0 Å². The van der Waals surface area contributed by atoms with Gasteiger partial charge >= 0.3 is 0 Å². The van der Waals surface area contributed by atoms with Crippen LogP contribution in [0.2, 0.25) is 0 Å². The van der Waals surface area contributed by atoms with E-state index in [-0.39, 0.29) is 0 Å². The number of nitrogens with one attached hydrogen (secondary N) is 1. The lowest BCUT2D eigenvalue weighted by Gasteiger charge is -2.13. The Morgan fingerprint density at radius 3 is 2.00 bits per heavy atom. The quantitative estimate of drug-likeness (QED) is 0.937. The molecule has 1 N–H and O–H groups in total. The summed E-state index contributed by atoms with van der Waals surface area (Å²) in [4.78, 5) is 7.53. The standard InChI is InChI=1S/C13H15BrN2O3/c1-7-15-11(13(14)16-7)8-5-9(17-2)12(19-4)10(6-8)18-3/h5-6H,1-4H3,(H,15,16). The van der Waals surface area contributed by atoms with Crippen LogP contribution in [0.1, 0.15) is 5.82 Å². The monoisotopic (exact) mass is 326 g/mol. The second-order valence-electron chi connectivity index (χ2n) is 3.90. The van der Waals surface area contributed by atoms with Crippen molar-refractivity contribution in [2.24, 2.45) is 0 Å². The van der Waals surface area contributed by atoms with Gasteiger partial charge in [-0.05, 0) is 35.0 Å². The molecule has 1 heterocycles. The van der Waals surface area contributed by atoms with E-state index >= 15 is 0 Å². The summed E-state index contributed by atoms with van der Waals surface area (Å²) in [6.45, 7) is 1.90. The summed E-state index contributed by atoms with van der Waals surface area (Å²) in [6.07, 6.45) is 0. The van der Waals surface area contributed by atoms with Crippen molar-refractivity contribution < 1.29 is 14.2 Å². The molecular formula is C13H15BrN2O3. The van der Waals surface area contributed by atoms with Crippen LogP contribution in [-0.4, -0.2) is 31.3 Å². The topological polar surface area (TPSA) is 56.4 Å². The first-order valence-electron chi connectivity index (χ1n) is 5.63. The molecule has 0 saturated heterocycles. The molecule has 0 fully saturated rings. The number of aryl methyl sites for hydroxylation is 1. The SMILES string of the molecule is COc1cc(-c2nc(C)[nH]c2Br)cc(OC)c1OC. The highest BCUT2D eigenvalue weighted by Crippen LogP contribution is 2.41. The summed E-state index contributed by atoms with van der Waals surface area (Å²) in [5.74, 6) is 2.60. The van der Waals surface area contributed by atoms with Crippen molar-refractivity contribution in [3.63, 3.8) is 0 Å². The van der Waals surface area contributed by atoms with Gasteiger partial charge in [-0.2, -0.15) is 0 Å². The number of imidazole rings is 1. The summed E-state index contributed by atoms with van der Waals surface area (Å²) in [7, 11) is 4.76. The second-order valence-corrected chi connectivity index (χ2v) is 4.69. The van der Waals surface area contributed by atoms with Crippen molar-refractivity contribution in [1.82, 2.24) is 9.97 Å². The molecule has 0 bridgehead atoms. The lowest BCUT2D eigenvalue weighted by atomic mass is 10.1. The Balaban J connectivity index is 2.62. The van der Waals surface area contributed by atoms with Gasteiger partial charge in [0.2, 0.25) is 5.75 Å². The van der Waals surface area contributed by atoms with Crippen LogP contribution in [0.15, 0.2) is 16.7 Å². The molecule has 0 aliphatic heterocycles. The van der Waals surface area contributed by atoms with Crippen LogP contribution in [0.5, 0.6) is 17.2 Å². The number of rotatable bonds is 4. The highest BCUT2D eigenvalue weighted by atomic mass is 79.9. The first kappa shape index (κ1) is 13.7. The van der Waals surface area contributed by atoms with Crippen LogP contribution in [0.3, 0.4) is 0 Å². The number of hydrogen-bond acceptors (Lipinski definition) is 4. The summed E-state index contributed by atoms with van der Waals surface area (Å²) < 4.78 is 16.8. The minimum absolute atomic E-state index is 0.567. The summed E-state index contributed by atoms with van der Waals surface area (Å²) in [5, 5.41) is 0. The van der Waals surface area contributed by atoms with Crippen molar-refractivity contribution in [3.05, 3.63) is 22.6 Å². The van der Waals surface area contributed by atoms with E-state index in [2.05, 4.69) is 25.9 Å². The molecule has 0 amide bonds. The molecule has 0 aliphatic carbocycles. The van der Waals surface area contributed by atoms with Gasteiger partial charge in [-0.1, -0.05) is 0 Å². The van der Waals surface area contributed by atoms with Crippen molar-refractivity contribution in [3.8, 4) is 28.5 Å². The molecule has 0 unspecified atom stereocenters. The van der Waals surface area contributed by atoms with E-state index in [0.29, 0.717) is 17.2 Å². The Labute approximate surface area is 120 Å². The molecule has 102 valence electrons. The van der Waals surface area contributed by atoms with E-state index in [9.17, 15) is 0 Å². The van der Waals surface area contributed by atoms with Gasteiger partial charge in [0.25, 0.3) is 0 Å². The van der Waals surface area contributed by atoms with Gasteiger partial charge in [-0.25, -0.2) is 4.98 Å². The van der Waals surface area contributed by atoms with E-state index in [1.165, 1.54) is 0 Å². The molecular weight excluding hydrogens is 312 g/mol. The minimum atomic E-state index is 0.567. The van der Waals surface area contributed by atoms with Crippen LogP contribution < -0.4 is 14.2 Å². The van der Waals surface area contributed by atoms with Gasteiger partial charge in [0.15, 0.2) is 11.5 Å². The Bertz CT molecular complexity index is 571. The highest BCUT2D eigenvalue weighted by Gasteiger charge is 2.17. The predicted octanol–water partition coefficient (Wildman–Crippen LogP) is 3.17. The molecule has 2 rings (SSSR count). The lowest BCUT2D eigenvalue weighted by Crippen LogP contribution is -1.96. The highest BCUT2D eigenvalue weighted by molar-refractivity contribution is 9.10. The maximum atomic E-state index is 5.33. The Morgan fingerprint density at radius 1 is 1.05 bits per heavy atom. The zero-order valence-corrected chi connectivity index (χ0v) is 12.8. The first-order chi connectivity index (χ1) is 9.10. The maximum Gasteiger partial charge on any atom is 0.203 e. The fraction of sp³-hybridized carbons (Fsp3) is 0.308. The predicted molar refractivity (Wildman–Crippen MR) is 76.1 cm³/mol. The molecule has 0 saturated carbocycles. The van der Waals surface area contributed by atoms with Crippen LogP contribution in [-0.2, 0) is 0 Å². The summed E-state index contributed by atoms with van der Waals surface area (Å²) in [5.41, 5.74) is 1.68. The minimum Gasteiger partial charge on any atom is -0.493 e. The van der Waals surface area contributed by atoms with E-state index in [1.54, 1.807) is 21.3 Å². The average Bonchev–Trinajstić information content (AvgIpc) is 2.75. The number of methoxy groups -OCH3 is 3. The van der Waals surface area contributed by atoms with Crippen LogP contribution in [0.25, 0.3) is 11.3 Å². The fourth-order valence-corrected chi connectivity index (χ4v) is 2.48. The maximum absolute atomic E-state index is 5.33. The van der Waals surface area contributed by atoms with Crippen molar-refractivity contribution in [2.45, 2.75) is 6.92 Å². The van der Waals surface area contributed by atoms with Gasteiger partial charge < -0.3 is 19.2 Å². The fourth-order valence-electron chi connectivity index (χ4n) is 1.87. The molecule has 5 nitrogen and oxygen atoms in total. The molecule has 1 aromatic carbocycles. The lowest BCUT2D eigenvalue weighted by molar-refractivity contribution is 0.324. The van der Waals surface area contributed by atoms with Gasteiger partial charge in [0.05, 0.1) is 21.3 Å². The van der Waals surface area contributed by atoms with Gasteiger partial charge in [-0.15, -0.1) is 0 Å². The Morgan fingerprint density at radius 2 is 1.63 bits per heavy atom. The zero-order valence-electron chi connectivity index (χ0n) is 11.2. The number of aromatic amines is 1. The van der Waals surface area contributed by atoms with Crippen LogP contribution in [0, 0.1) is 6.92 Å². The number of halogens is 1. The number of nitrogens with zero attached hydrogens (tertiary/aromatic N) is 1. The van der Waals surface area contributed by atoms with Crippen molar-refractivity contribution >= 4 is 15.9 Å². The third kappa shape index (κ3) is 2.53. The van der Waals surface area contributed by atoms with Crippen molar-refractivity contribution in [1.29, 1.82) is 0 Å². The Hall–Kier alpha value is -1.69. The molecule has 0 spiro atoms. The number of hydrogen-bond donors (Lipinski definition) is 1. The number of benzene rings is 1. The second kappa shape index (κ2) is 5.52. The van der Waals surface area contributed by atoms with Crippen LogP contribution >= 0.6 is 15.9 Å². The van der Waals surface area contributed by atoms with Gasteiger partial charge in [0.1, 0.15) is 16.1 Å². The normalized spacial score (nSPS) is 10.4. The van der Waals surface area contributed by atoms with E-state index in [0.717, 1.165) is 21.7 Å². The number of H-pyrrole nitrogens is 1. The van der Waals surface area contributed by atoms with Crippen molar-refractivity contribution in [2.75, 3.05) is 21.3 Å². The molecule has 0 aliphatic rings. The third-order valence-electron chi connectivity index (χ3n) is 2.72. The van der Waals surface area contributed by atoms with E-state index < -0.39 is 0 Å². The van der Waals surface area contributed by atoms with E-state index in [4.69, 9.17) is 14.2 Å². The average molecular weight is 327 g/mol. The zero-order chi connectivity index (χ0) is 14.0.